The van der Waals surface area contributed by atoms with E-state index in [1.165, 1.54) is 0 Å². The largest absolute Gasteiger partial charge is 0.573 e. The second kappa shape index (κ2) is 5660. The second-order valence-electron chi connectivity index (χ2n) is 0. The van der Waals surface area contributed by atoms with Crippen molar-refractivity contribution in [1.82, 2.24) is 0 Å². The molecule has 0 N–H and O–H groups in total. The van der Waals surface area contributed by atoms with Crippen molar-refractivity contribution in [2.45, 2.75) is 6.92 Å². The Balaban J connectivity index is -0.00000000500. The Labute approximate surface area is 77.5 Å². The predicted octanol–water partition coefficient (Wildman–Crippen LogP) is 0.0969. The van der Waals surface area contributed by atoms with Crippen LogP contribution < -0.4 is 0 Å². The van der Waals surface area contributed by atoms with Crippen molar-refractivity contribution < 1.29 is 35.4 Å². The van der Waals surface area contributed by atoms with Gasteiger partial charge in [0.2, 0.25) is 0 Å². The van der Waals surface area contributed by atoms with Crippen molar-refractivity contribution in [3.05, 3.63) is 14.4 Å². The van der Waals surface area contributed by atoms with Crippen LogP contribution in [0, 0.1) is 14.4 Å². The van der Waals surface area contributed by atoms with E-state index in [-0.39, 0.29) is 28.5 Å². The molecule has 0 fully saturated rings. The van der Waals surface area contributed by atoms with Gasteiger partial charge in [0.25, 0.3) is 0 Å². The van der Waals surface area contributed by atoms with Gasteiger partial charge in [0.1, 0.15) is 0 Å². The molecule has 0 rings (SSSR count). The van der Waals surface area contributed by atoms with E-state index in [1.807, 2.05) is 0 Å². The van der Waals surface area contributed by atoms with E-state index in [9.17, 15) is 0 Å². The standard InChI is InChI=1S/C2H5.3CO.CH3.Mo/c4*1-2;;/h1H2,2H3;;;;1H3;/q5*-1;. The van der Waals surface area contributed by atoms with Gasteiger partial charge in [-0.05, 0) is 0 Å². The third-order valence-corrected chi connectivity index (χ3v) is 0. The minimum Gasteiger partial charge on any atom is -0.573 e. The topological polar surface area (TPSA) is 51.2 Å². The molecule has 0 spiro atoms. The first-order chi connectivity index (χ1) is 4.00. The van der Waals surface area contributed by atoms with E-state index >= 15 is 0 Å². The van der Waals surface area contributed by atoms with Gasteiger partial charge >= 0.3 is 0 Å². The van der Waals surface area contributed by atoms with E-state index in [4.69, 9.17) is 14.4 Å². The summed E-state index contributed by atoms with van der Waals surface area (Å²) in [7, 11) is 0. The Bertz CT molecular complexity index is 17.7. The molecule has 0 unspecified atom stereocenters. The Morgan fingerprint density at radius 3 is 0.800 bits per heavy atom. The van der Waals surface area contributed by atoms with Crippen LogP contribution in [0.3, 0.4) is 0 Å². The van der Waals surface area contributed by atoms with Crippen molar-refractivity contribution in [2.75, 3.05) is 0 Å². The Kier molecular flexibility index (Phi) is 30400. The van der Waals surface area contributed by atoms with Gasteiger partial charge in [0.05, 0.1) is 0 Å². The number of carbonyl (C=O) groups excluding carboxylic acids is 3. The van der Waals surface area contributed by atoms with Crippen LogP contribution in [0.25, 0.3) is 0 Å². The molecule has 0 aliphatic heterocycles. The van der Waals surface area contributed by atoms with Crippen LogP contribution in [0.5, 0.6) is 0 Å². The quantitative estimate of drug-likeness (QED) is 0.433. The molecule has 0 aromatic heterocycles. The molecule has 3 nitrogen and oxygen atoms in total. The second-order valence-corrected chi connectivity index (χ2v) is 0. The van der Waals surface area contributed by atoms with Crippen LogP contribution >= 0.6 is 0 Å². The van der Waals surface area contributed by atoms with Gasteiger partial charge in [-0.15, -0.1) is 0 Å². The molecule has 0 aromatic carbocycles. The first-order valence-corrected chi connectivity index (χ1v) is 1.32. The Hall–Kier alpha value is -0.302. The summed E-state index contributed by atoms with van der Waals surface area (Å²) in [6.07, 6.45) is 0. The monoisotopic (exact) mass is 226 g/mol. The molecule has 0 amide bonds. The van der Waals surface area contributed by atoms with E-state index in [0.29, 0.717) is 0 Å². The Morgan fingerprint density at radius 2 is 0.800 bits per heavy atom. The molecule has 0 aliphatic carbocycles. The van der Waals surface area contributed by atoms with Gasteiger partial charge in [-0.25, -0.2) is 0 Å². The average molecular weight is 224 g/mol. The summed E-state index contributed by atoms with van der Waals surface area (Å²) in [5, 5.41) is 0. The minimum atomic E-state index is 0. The zero-order valence-electron chi connectivity index (χ0n) is 5.84. The van der Waals surface area contributed by atoms with Crippen LogP contribution in [0.2, 0.25) is 0 Å². The van der Waals surface area contributed by atoms with Crippen molar-refractivity contribution in [3.8, 4) is 0 Å². The summed E-state index contributed by atoms with van der Waals surface area (Å²) < 4.78 is 0. The molecule has 3 radical (unpaired) electrons. The first kappa shape index (κ1) is 53.6. The zero-order valence-corrected chi connectivity index (χ0v) is 7.85. The van der Waals surface area contributed by atoms with Gasteiger partial charge in [-0.3, -0.25) is 0 Å². The molecule has 0 atom stereocenters. The van der Waals surface area contributed by atoms with Crippen LogP contribution in [-0.4, -0.2) is 20.4 Å². The molecule has 0 heterocycles. The molecular weight excluding hydrogens is 216 g/mol. The van der Waals surface area contributed by atoms with Gasteiger partial charge in [0.15, 0.2) is 0 Å². The summed E-state index contributed by atoms with van der Waals surface area (Å²) >= 11 is 0. The van der Waals surface area contributed by atoms with Crippen LogP contribution in [0.1, 0.15) is 6.92 Å². The van der Waals surface area contributed by atoms with Gasteiger partial charge in [0, 0.05) is 21.1 Å². The van der Waals surface area contributed by atoms with Crippen molar-refractivity contribution in [3.63, 3.8) is 0 Å². The third-order valence-electron chi connectivity index (χ3n) is 0. The third kappa shape index (κ3) is 3790. The fraction of sp³-hybridized carbons (Fsp3) is 0.167. The molecule has 0 aliphatic rings. The van der Waals surface area contributed by atoms with Gasteiger partial charge < -0.3 is 49.1 Å². The summed E-state index contributed by atoms with van der Waals surface area (Å²) in [5.41, 5.74) is 0. The van der Waals surface area contributed by atoms with Gasteiger partial charge in [-0.2, -0.15) is 6.92 Å². The molecule has 0 aromatic rings. The average Bonchev–Trinajstić information content (AvgIpc) is 2.03. The maximum Gasteiger partial charge on any atom is 0 e. The molecule has 0 saturated carbocycles. The predicted molar refractivity (Wildman–Crippen MR) is 34.5 cm³/mol. The van der Waals surface area contributed by atoms with Crippen molar-refractivity contribution in [1.29, 1.82) is 0 Å². The zero-order chi connectivity index (χ0) is 8.00. The van der Waals surface area contributed by atoms with Crippen LogP contribution in [0.4, 0.5) is 0 Å². The molecule has 61 valence electrons. The van der Waals surface area contributed by atoms with E-state index < -0.39 is 0 Å². The Morgan fingerprint density at radius 1 is 0.800 bits per heavy atom. The van der Waals surface area contributed by atoms with Gasteiger partial charge in [-0.1, -0.05) is 0 Å². The summed E-state index contributed by atoms with van der Waals surface area (Å²) in [6, 6.07) is 0. The fourth-order valence-corrected chi connectivity index (χ4v) is 0. The molecule has 10 heavy (non-hydrogen) atoms. The normalized spacial score (nSPS) is 1.80. The smallest absolute Gasteiger partial charge is 0 e. The summed E-state index contributed by atoms with van der Waals surface area (Å²) in [5.74, 6) is 0. The maximum absolute atomic E-state index is 7.50. The van der Waals surface area contributed by atoms with Crippen molar-refractivity contribution >= 4 is 20.4 Å². The minimum absolute atomic E-state index is 0. The van der Waals surface area contributed by atoms with E-state index in [2.05, 4.69) is 27.3 Å². The molecule has 0 saturated heterocycles. The number of hydrogen-bond donors (Lipinski definition) is 0. The number of rotatable bonds is 0. The summed E-state index contributed by atoms with van der Waals surface area (Å²) in [4.78, 5) is 22.5. The van der Waals surface area contributed by atoms with Crippen LogP contribution in [0.15, 0.2) is 0 Å². The van der Waals surface area contributed by atoms with E-state index in [1.54, 1.807) is 6.92 Å². The molecule has 0 bridgehead atoms. The summed E-state index contributed by atoms with van der Waals surface area (Å²) in [6.45, 7) is 18.5. The molecular formula is C6H8MoO3-5. The maximum atomic E-state index is 7.50. The van der Waals surface area contributed by atoms with Crippen LogP contribution in [-0.2, 0) is 35.4 Å². The van der Waals surface area contributed by atoms with Crippen molar-refractivity contribution in [2.24, 2.45) is 0 Å². The van der Waals surface area contributed by atoms with E-state index in [0.717, 1.165) is 0 Å². The number of hydrogen-bond acceptors (Lipinski definition) is 3. The first-order valence-electron chi connectivity index (χ1n) is 1.32. The fourth-order valence-electron chi connectivity index (χ4n) is 0. The SMILES string of the molecule is [C-]=O.[C-]=O.[C-]=O.[CH2-]C.[CH3-].[Mo]. The molecule has 4 heteroatoms.